The van der Waals surface area contributed by atoms with Crippen LogP contribution in [0.4, 0.5) is 4.39 Å². The molecule has 0 saturated heterocycles. The number of hydrogen-bond acceptors (Lipinski definition) is 2. The lowest BCUT2D eigenvalue weighted by molar-refractivity contribution is -0.122. The summed E-state index contributed by atoms with van der Waals surface area (Å²) in [4.78, 5) is 11.6. The van der Waals surface area contributed by atoms with Gasteiger partial charge in [-0.25, -0.2) is 4.39 Å². The fourth-order valence-electron chi connectivity index (χ4n) is 1.94. The van der Waals surface area contributed by atoms with Crippen LogP contribution in [0.2, 0.25) is 0 Å². The molecule has 0 heterocycles. The van der Waals surface area contributed by atoms with Crippen LogP contribution in [-0.4, -0.2) is 10.9 Å². The maximum atomic E-state index is 12.9. The van der Waals surface area contributed by atoms with Crippen LogP contribution >= 0.6 is 0 Å². The fourth-order valence-corrected chi connectivity index (χ4v) is 1.94. The van der Waals surface area contributed by atoms with Crippen LogP contribution in [0.1, 0.15) is 18.4 Å². The van der Waals surface area contributed by atoms with Gasteiger partial charge < -0.3 is 5.11 Å². The highest BCUT2D eigenvalue weighted by Gasteiger charge is 2.21. The minimum Gasteiger partial charge on any atom is -0.513 e. The van der Waals surface area contributed by atoms with Crippen LogP contribution in [0, 0.1) is 11.7 Å². The minimum atomic E-state index is -0.310. The van der Waals surface area contributed by atoms with Crippen molar-refractivity contribution in [2.45, 2.75) is 19.3 Å². The number of carbonyl (C=O) groups excluding carboxylic acids is 1. The molecule has 1 aliphatic carbocycles. The van der Waals surface area contributed by atoms with Crippen molar-refractivity contribution in [2.24, 2.45) is 5.92 Å². The van der Waals surface area contributed by atoms with Gasteiger partial charge in [-0.2, -0.15) is 0 Å². The maximum Gasteiger partial charge on any atom is 0.140 e. The number of aliphatic hydroxyl groups is 1. The molecule has 1 unspecified atom stereocenters. The average molecular weight is 220 g/mol. The van der Waals surface area contributed by atoms with Crippen LogP contribution in [0.5, 0.6) is 0 Å². The van der Waals surface area contributed by atoms with Crippen molar-refractivity contribution in [2.75, 3.05) is 0 Å². The molecule has 2 rings (SSSR count). The molecule has 0 saturated carbocycles. The Labute approximate surface area is 93.4 Å². The zero-order valence-corrected chi connectivity index (χ0v) is 8.82. The zero-order valence-electron chi connectivity index (χ0n) is 8.82. The van der Waals surface area contributed by atoms with E-state index in [1.807, 2.05) is 0 Å². The van der Waals surface area contributed by atoms with Gasteiger partial charge in [0.1, 0.15) is 11.6 Å². The highest BCUT2D eigenvalue weighted by molar-refractivity contribution is 5.84. The first-order valence-corrected chi connectivity index (χ1v) is 5.32. The van der Waals surface area contributed by atoms with Crippen molar-refractivity contribution in [3.63, 3.8) is 0 Å². The van der Waals surface area contributed by atoms with Crippen molar-refractivity contribution >= 4 is 5.78 Å². The van der Waals surface area contributed by atoms with E-state index in [9.17, 15) is 14.3 Å². The minimum absolute atomic E-state index is 0.113. The molecule has 0 amide bonds. The quantitative estimate of drug-likeness (QED) is 0.832. The Hall–Kier alpha value is -1.64. The molecule has 1 aliphatic rings. The topological polar surface area (TPSA) is 37.3 Å². The molecule has 1 aromatic carbocycles. The van der Waals surface area contributed by atoms with E-state index in [1.165, 1.54) is 12.1 Å². The van der Waals surface area contributed by atoms with Gasteiger partial charge in [0.2, 0.25) is 0 Å². The van der Waals surface area contributed by atoms with E-state index in [0.29, 0.717) is 19.3 Å². The van der Waals surface area contributed by atoms with E-state index in [4.69, 9.17) is 0 Å². The average Bonchev–Trinajstić information content (AvgIpc) is 2.24. The Balaban J connectivity index is 2.15. The molecule has 0 bridgehead atoms. The second-order valence-corrected chi connectivity index (χ2v) is 4.06. The predicted molar refractivity (Wildman–Crippen MR) is 58.5 cm³/mol. The third-order valence-electron chi connectivity index (χ3n) is 2.78. The molecule has 3 heteroatoms. The van der Waals surface area contributed by atoms with Crippen LogP contribution in [-0.2, 0) is 11.2 Å². The fraction of sp³-hybridized carbons (Fsp3) is 0.308. The molecule has 0 radical (unpaired) electrons. The number of Topliss-reactive ketones (excluding diaryl/α,β-unsaturated/α-hetero) is 1. The van der Waals surface area contributed by atoms with Crippen LogP contribution < -0.4 is 0 Å². The maximum absolute atomic E-state index is 12.9. The number of aliphatic hydroxyl groups excluding tert-OH is 1. The molecule has 1 N–H and O–H groups in total. The van der Waals surface area contributed by atoms with Gasteiger partial charge in [-0.3, -0.25) is 4.79 Å². The molecule has 16 heavy (non-hydrogen) atoms. The first kappa shape index (κ1) is 10.9. The summed E-state index contributed by atoms with van der Waals surface area (Å²) in [5.41, 5.74) is 0.782. The summed E-state index contributed by atoms with van der Waals surface area (Å²) in [5, 5.41) is 9.36. The van der Waals surface area contributed by atoms with E-state index >= 15 is 0 Å². The van der Waals surface area contributed by atoms with Crippen LogP contribution in [0.15, 0.2) is 36.1 Å². The summed E-state index contributed by atoms with van der Waals surface area (Å²) in [5.74, 6) is -0.229. The molecule has 1 atom stereocenters. The van der Waals surface area contributed by atoms with Gasteiger partial charge in [0.15, 0.2) is 0 Å². The van der Waals surface area contributed by atoms with E-state index in [0.717, 1.165) is 5.56 Å². The second-order valence-electron chi connectivity index (χ2n) is 4.06. The van der Waals surface area contributed by atoms with E-state index in [-0.39, 0.29) is 23.3 Å². The second kappa shape index (κ2) is 4.47. The predicted octanol–water partition coefficient (Wildman–Crippen LogP) is 2.79. The van der Waals surface area contributed by atoms with Crippen molar-refractivity contribution in [1.29, 1.82) is 0 Å². The summed E-state index contributed by atoms with van der Waals surface area (Å²) in [7, 11) is 0. The van der Waals surface area contributed by atoms with E-state index in [1.54, 1.807) is 18.2 Å². The standard InChI is InChI=1S/C13H13FO2/c14-11-3-1-2-9(7-11)6-10-8-12(15)4-5-13(10)16/h1-3,7-8,10,15H,4-6H2. The third-order valence-corrected chi connectivity index (χ3v) is 2.78. The lowest BCUT2D eigenvalue weighted by atomic mass is 9.88. The highest BCUT2D eigenvalue weighted by Crippen LogP contribution is 2.22. The Morgan fingerprint density at radius 2 is 2.19 bits per heavy atom. The van der Waals surface area contributed by atoms with Gasteiger partial charge in [0, 0.05) is 18.8 Å². The molecular weight excluding hydrogens is 207 g/mol. The number of ketones is 1. The third kappa shape index (κ3) is 2.48. The Bertz CT molecular complexity index is 437. The zero-order chi connectivity index (χ0) is 11.5. The SMILES string of the molecule is O=C1CCC(O)=CC1Cc1cccc(F)c1. The molecule has 0 aromatic heterocycles. The summed E-state index contributed by atoms with van der Waals surface area (Å²) in [6.07, 6.45) is 2.85. The lowest BCUT2D eigenvalue weighted by Crippen LogP contribution is -2.19. The Morgan fingerprint density at radius 3 is 2.94 bits per heavy atom. The van der Waals surface area contributed by atoms with Crippen molar-refractivity contribution in [1.82, 2.24) is 0 Å². The molecule has 0 fully saturated rings. The number of halogens is 1. The van der Waals surface area contributed by atoms with Gasteiger partial charge in [0.05, 0.1) is 5.76 Å². The van der Waals surface area contributed by atoms with Crippen molar-refractivity contribution < 1.29 is 14.3 Å². The van der Waals surface area contributed by atoms with Gasteiger partial charge >= 0.3 is 0 Å². The van der Waals surface area contributed by atoms with E-state index in [2.05, 4.69) is 0 Å². The largest absolute Gasteiger partial charge is 0.513 e. The van der Waals surface area contributed by atoms with Gasteiger partial charge in [-0.15, -0.1) is 0 Å². The van der Waals surface area contributed by atoms with Gasteiger partial charge in [0.25, 0.3) is 0 Å². The van der Waals surface area contributed by atoms with Crippen molar-refractivity contribution in [3.8, 4) is 0 Å². The molecule has 2 nitrogen and oxygen atoms in total. The first-order valence-electron chi connectivity index (χ1n) is 5.32. The van der Waals surface area contributed by atoms with Crippen LogP contribution in [0.3, 0.4) is 0 Å². The molecule has 1 aromatic rings. The number of rotatable bonds is 2. The normalized spacial score (nSPS) is 20.7. The highest BCUT2D eigenvalue weighted by atomic mass is 19.1. The molecule has 0 spiro atoms. The Kier molecular flexibility index (Phi) is 3.04. The van der Waals surface area contributed by atoms with E-state index < -0.39 is 0 Å². The monoisotopic (exact) mass is 220 g/mol. The number of hydrogen-bond donors (Lipinski definition) is 1. The number of carbonyl (C=O) groups is 1. The summed E-state index contributed by atoms with van der Waals surface area (Å²) >= 11 is 0. The Morgan fingerprint density at radius 1 is 1.38 bits per heavy atom. The first-order chi connectivity index (χ1) is 7.65. The summed E-state index contributed by atoms with van der Waals surface area (Å²) < 4.78 is 12.9. The lowest BCUT2D eigenvalue weighted by Gasteiger charge is -2.17. The molecule has 0 aliphatic heterocycles. The van der Waals surface area contributed by atoms with Crippen LogP contribution in [0.25, 0.3) is 0 Å². The van der Waals surface area contributed by atoms with Gasteiger partial charge in [-0.05, 0) is 30.2 Å². The number of allylic oxidation sites excluding steroid dienone is 2. The van der Waals surface area contributed by atoms with Crippen molar-refractivity contribution in [3.05, 3.63) is 47.5 Å². The smallest absolute Gasteiger partial charge is 0.140 e. The van der Waals surface area contributed by atoms with Gasteiger partial charge in [-0.1, -0.05) is 12.1 Å². The molecule has 84 valence electrons. The number of benzene rings is 1. The molecular formula is C13H13FO2. The summed E-state index contributed by atoms with van der Waals surface area (Å²) in [6.45, 7) is 0. The summed E-state index contributed by atoms with van der Waals surface area (Å²) in [6, 6.07) is 6.21.